The molecule has 0 aliphatic heterocycles. The number of carbonyl (C=O) groups is 2. The molecule has 1 amide bonds. The Morgan fingerprint density at radius 1 is 1.25 bits per heavy atom. The maximum atomic E-state index is 11.7. The lowest BCUT2D eigenvalue weighted by molar-refractivity contribution is -0.138. The molecule has 0 spiro atoms. The van der Waals surface area contributed by atoms with Crippen molar-refractivity contribution in [1.82, 2.24) is 5.32 Å². The van der Waals surface area contributed by atoms with Gasteiger partial charge in [0, 0.05) is 18.9 Å². The van der Waals surface area contributed by atoms with Crippen LogP contribution in [0.3, 0.4) is 0 Å². The van der Waals surface area contributed by atoms with Crippen LogP contribution in [0.1, 0.15) is 41.0 Å². The maximum absolute atomic E-state index is 11.7. The highest BCUT2D eigenvalue weighted by Crippen LogP contribution is 2.25. The molecule has 0 aromatic heterocycles. The van der Waals surface area contributed by atoms with Gasteiger partial charge in [0.25, 0.3) is 0 Å². The number of carboxylic acid groups (broad SMARTS) is 1. The van der Waals surface area contributed by atoms with Crippen molar-refractivity contribution in [2.75, 3.05) is 6.54 Å². The van der Waals surface area contributed by atoms with Crippen LogP contribution in [0, 0.1) is 17.3 Å². The molecule has 94 valence electrons. The highest BCUT2D eigenvalue weighted by molar-refractivity contribution is 5.79. The minimum absolute atomic E-state index is 0.00950. The monoisotopic (exact) mass is 229 g/mol. The third kappa shape index (κ3) is 5.73. The van der Waals surface area contributed by atoms with Crippen LogP contribution in [0.5, 0.6) is 0 Å². The van der Waals surface area contributed by atoms with Crippen molar-refractivity contribution < 1.29 is 14.7 Å². The Hall–Kier alpha value is -1.06. The predicted molar refractivity (Wildman–Crippen MR) is 63.0 cm³/mol. The first kappa shape index (κ1) is 14.9. The Morgan fingerprint density at radius 3 is 2.12 bits per heavy atom. The third-order valence-electron chi connectivity index (χ3n) is 2.84. The van der Waals surface area contributed by atoms with Crippen LogP contribution >= 0.6 is 0 Å². The van der Waals surface area contributed by atoms with Crippen molar-refractivity contribution in [3.05, 3.63) is 0 Å². The molecule has 0 aliphatic carbocycles. The van der Waals surface area contributed by atoms with E-state index in [0.717, 1.165) is 0 Å². The lowest BCUT2D eigenvalue weighted by atomic mass is 9.81. The largest absolute Gasteiger partial charge is 0.481 e. The molecule has 2 atom stereocenters. The molecule has 0 fully saturated rings. The Morgan fingerprint density at radius 2 is 1.75 bits per heavy atom. The van der Waals surface area contributed by atoms with Gasteiger partial charge in [-0.3, -0.25) is 9.59 Å². The fraction of sp³-hybridized carbons (Fsp3) is 0.833. The third-order valence-corrected chi connectivity index (χ3v) is 2.84. The number of carbonyl (C=O) groups excluding carboxylic acids is 1. The summed E-state index contributed by atoms with van der Waals surface area (Å²) in [6.07, 6.45) is 0.0875. The minimum Gasteiger partial charge on any atom is -0.481 e. The lowest BCUT2D eigenvalue weighted by Crippen LogP contribution is -2.38. The van der Waals surface area contributed by atoms with E-state index < -0.39 is 5.97 Å². The van der Waals surface area contributed by atoms with E-state index in [9.17, 15) is 9.59 Å². The van der Waals surface area contributed by atoms with Crippen LogP contribution in [0.25, 0.3) is 0 Å². The molecule has 0 bridgehead atoms. The van der Waals surface area contributed by atoms with Crippen LogP contribution in [0.4, 0.5) is 0 Å². The van der Waals surface area contributed by atoms with Crippen molar-refractivity contribution in [3.63, 3.8) is 0 Å². The van der Waals surface area contributed by atoms with Crippen molar-refractivity contribution in [1.29, 1.82) is 0 Å². The molecule has 0 aromatic rings. The molecule has 0 aliphatic rings. The zero-order chi connectivity index (χ0) is 12.9. The fourth-order valence-electron chi connectivity index (χ4n) is 1.19. The first-order valence-electron chi connectivity index (χ1n) is 5.64. The number of hydrogen-bond acceptors (Lipinski definition) is 2. The normalized spacial score (nSPS) is 15.3. The molecule has 0 heterocycles. The van der Waals surface area contributed by atoms with Gasteiger partial charge < -0.3 is 10.4 Å². The van der Waals surface area contributed by atoms with Gasteiger partial charge in [0.2, 0.25) is 5.91 Å². The highest BCUT2D eigenvalue weighted by Gasteiger charge is 2.26. The first-order valence-corrected chi connectivity index (χ1v) is 5.64. The van der Waals surface area contributed by atoms with E-state index in [2.05, 4.69) is 5.32 Å². The zero-order valence-electron chi connectivity index (χ0n) is 10.8. The molecule has 0 rings (SSSR count). The molecule has 4 heteroatoms. The highest BCUT2D eigenvalue weighted by atomic mass is 16.4. The van der Waals surface area contributed by atoms with Gasteiger partial charge in [-0.1, -0.05) is 34.6 Å². The zero-order valence-corrected chi connectivity index (χ0v) is 10.8. The molecule has 0 saturated carbocycles. The molecule has 0 radical (unpaired) electrons. The summed E-state index contributed by atoms with van der Waals surface area (Å²) >= 11 is 0. The molecular weight excluding hydrogens is 206 g/mol. The van der Waals surface area contributed by atoms with Gasteiger partial charge >= 0.3 is 5.97 Å². The minimum atomic E-state index is -0.828. The number of carboxylic acids is 1. The van der Waals surface area contributed by atoms with E-state index in [-0.39, 0.29) is 29.6 Å². The van der Waals surface area contributed by atoms with Gasteiger partial charge in [-0.15, -0.1) is 0 Å². The lowest BCUT2D eigenvalue weighted by Gasteiger charge is -2.26. The summed E-state index contributed by atoms with van der Waals surface area (Å²) in [6.45, 7) is 10.2. The Balaban J connectivity index is 4.03. The average molecular weight is 229 g/mol. The molecule has 0 aromatic carbocycles. The van der Waals surface area contributed by atoms with Gasteiger partial charge in [-0.25, -0.2) is 0 Å². The quantitative estimate of drug-likeness (QED) is 0.756. The van der Waals surface area contributed by atoms with Crippen LogP contribution < -0.4 is 5.32 Å². The van der Waals surface area contributed by atoms with E-state index in [1.54, 1.807) is 0 Å². The van der Waals surface area contributed by atoms with E-state index in [1.807, 2.05) is 34.6 Å². The van der Waals surface area contributed by atoms with Gasteiger partial charge in [-0.05, 0) is 11.3 Å². The van der Waals surface area contributed by atoms with Crippen LogP contribution in [0.2, 0.25) is 0 Å². The Kier molecular flexibility index (Phi) is 5.48. The van der Waals surface area contributed by atoms with Crippen molar-refractivity contribution in [3.8, 4) is 0 Å². The maximum Gasteiger partial charge on any atom is 0.303 e. The van der Waals surface area contributed by atoms with Crippen molar-refractivity contribution in [2.24, 2.45) is 17.3 Å². The average Bonchev–Trinajstić information content (AvgIpc) is 2.10. The molecule has 4 nitrogen and oxygen atoms in total. The number of aliphatic carboxylic acids is 1. The summed E-state index contributed by atoms with van der Waals surface area (Å²) < 4.78 is 0. The van der Waals surface area contributed by atoms with Gasteiger partial charge in [-0.2, -0.15) is 0 Å². The van der Waals surface area contributed by atoms with Crippen molar-refractivity contribution in [2.45, 2.75) is 41.0 Å². The van der Waals surface area contributed by atoms with Crippen LogP contribution in [-0.4, -0.2) is 23.5 Å². The van der Waals surface area contributed by atoms with Gasteiger partial charge in [0.15, 0.2) is 0 Å². The van der Waals surface area contributed by atoms with E-state index >= 15 is 0 Å². The standard InChI is InChI=1S/C12H23NO3/c1-8(6-10(14)15)7-13-11(16)9(2)12(3,4)5/h8-9H,6-7H2,1-5H3,(H,13,16)(H,14,15). The number of nitrogens with one attached hydrogen (secondary N) is 1. The predicted octanol–water partition coefficient (Wildman–Crippen LogP) is 1.90. The van der Waals surface area contributed by atoms with Crippen LogP contribution in [-0.2, 0) is 9.59 Å². The topological polar surface area (TPSA) is 66.4 Å². The summed E-state index contributed by atoms with van der Waals surface area (Å²) in [6, 6.07) is 0. The second-order valence-electron chi connectivity index (χ2n) is 5.54. The molecule has 0 saturated heterocycles. The summed E-state index contributed by atoms with van der Waals surface area (Å²) in [7, 11) is 0. The molecule has 2 unspecified atom stereocenters. The number of amides is 1. The van der Waals surface area contributed by atoms with E-state index in [1.165, 1.54) is 0 Å². The van der Waals surface area contributed by atoms with Crippen LogP contribution in [0.15, 0.2) is 0 Å². The summed E-state index contributed by atoms with van der Waals surface area (Å²) in [4.78, 5) is 22.2. The number of rotatable bonds is 5. The summed E-state index contributed by atoms with van der Waals surface area (Å²) in [5.41, 5.74) is -0.0693. The fourth-order valence-corrected chi connectivity index (χ4v) is 1.19. The Bertz CT molecular complexity index is 255. The van der Waals surface area contributed by atoms with Crippen molar-refractivity contribution >= 4 is 11.9 Å². The Labute approximate surface area is 97.4 Å². The number of hydrogen-bond donors (Lipinski definition) is 2. The smallest absolute Gasteiger partial charge is 0.303 e. The first-order chi connectivity index (χ1) is 7.14. The summed E-state index contributed by atoms with van der Waals surface area (Å²) in [5.74, 6) is -0.950. The molecular formula is C12H23NO3. The van der Waals surface area contributed by atoms with E-state index in [4.69, 9.17) is 5.11 Å². The van der Waals surface area contributed by atoms with Gasteiger partial charge in [0.1, 0.15) is 0 Å². The van der Waals surface area contributed by atoms with E-state index in [0.29, 0.717) is 6.54 Å². The van der Waals surface area contributed by atoms with Gasteiger partial charge in [0.05, 0.1) is 0 Å². The second kappa shape index (κ2) is 5.87. The SMILES string of the molecule is CC(CNC(=O)C(C)C(C)(C)C)CC(=O)O. The summed E-state index contributed by atoms with van der Waals surface area (Å²) in [5, 5.41) is 11.4. The molecule has 16 heavy (non-hydrogen) atoms. The second-order valence-corrected chi connectivity index (χ2v) is 5.54. The molecule has 2 N–H and O–H groups in total.